The van der Waals surface area contributed by atoms with Gasteiger partial charge in [-0.25, -0.2) is 4.98 Å². The lowest BCUT2D eigenvalue weighted by Gasteiger charge is -2.18. The lowest BCUT2D eigenvalue weighted by atomic mass is 10.1. The van der Waals surface area contributed by atoms with Gasteiger partial charge < -0.3 is 25.3 Å². The molecule has 0 aliphatic carbocycles. The quantitative estimate of drug-likeness (QED) is 0.505. The molecular formula is C22H19N3O4S. The smallest absolute Gasteiger partial charge is 0.267 e. The van der Waals surface area contributed by atoms with Crippen LogP contribution >= 0.6 is 11.3 Å². The van der Waals surface area contributed by atoms with Crippen LogP contribution in [0, 0.1) is 0 Å². The number of anilines is 2. The summed E-state index contributed by atoms with van der Waals surface area (Å²) in [6, 6.07) is 13.0. The number of nitrogens with one attached hydrogen (secondary N) is 1. The molecule has 0 unspecified atom stereocenters. The molecule has 2 aromatic heterocycles. The fourth-order valence-electron chi connectivity index (χ4n) is 3.41. The minimum absolute atomic E-state index is 0.286. The molecule has 0 spiro atoms. The van der Waals surface area contributed by atoms with E-state index in [1.165, 1.54) is 11.3 Å². The van der Waals surface area contributed by atoms with E-state index in [-0.39, 0.29) is 5.91 Å². The van der Waals surface area contributed by atoms with E-state index in [9.17, 15) is 4.79 Å². The van der Waals surface area contributed by atoms with E-state index in [0.29, 0.717) is 52.4 Å². The van der Waals surface area contributed by atoms with Crippen molar-refractivity contribution in [2.75, 3.05) is 30.9 Å². The first-order chi connectivity index (χ1) is 14.6. The van der Waals surface area contributed by atoms with Gasteiger partial charge in [0.2, 0.25) is 0 Å². The number of fused-ring (bicyclic) bond motifs is 3. The summed E-state index contributed by atoms with van der Waals surface area (Å²) in [4.78, 5) is 18.7. The average molecular weight is 421 g/mol. The highest BCUT2D eigenvalue weighted by Crippen LogP contribution is 2.37. The molecule has 0 saturated carbocycles. The zero-order chi connectivity index (χ0) is 20.7. The van der Waals surface area contributed by atoms with Crippen molar-refractivity contribution in [3.8, 4) is 17.2 Å². The number of pyridine rings is 1. The van der Waals surface area contributed by atoms with Crippen molar-refractivity contribution in [3.05, 3.63) is 47.3 Å². The van der Waals surface area contributed by atoms with Crippen LogP contribution in [0.4, 0.5) is 11.4 Å². The standard InChI is InChI=1S/C22H19N3O4S/c1-2-27-14-5-3-12-9-15-19(23)20(30-22(15)25-16(12)11-14)21(26)24-13-4-6-17-18(10-13)29-8-7-28-17/h3-6,9-11H,2,7-8,23H2,1H3,(H,24,26). The summed E-state index contributed by atoms with van der Waals surface area (Å²) in [5, 5.41) is 4.59. The van der Waals surface area contributed by atoms with Gasteiger partial charge >= 0.3 is 0 Å². The Labute approximate surface area is 176 Å². The van der Waals surface area contributed by atoms with Crippen molar-refractivity contribution < 1.29 is 19.0 Å². The Morgan fingerprint density at radius 2 is 2.00 bits per heavy atom. The van der Waals surface area contributed by atoms with Crippen LogP contribution in [0.3, 0.4) is 0 Å². The maximum absolute atomic E-state index is 12.9. The molecule has 1 aliphatic rings. The average Bonchev–Trinajstić information content (AvgIpc) is 3.08. The van der Waals surface area contributed by atoms with Gasteiger partial charge in [-0.05, 0) is 37.3 Å². The number of hydrogen-bond donors (Lipinski definition) is 2. The highest BCUT2D eigenvalue weighted by atomic mass is 32.1. The monoisotopic (exact) mass is 421 g/mol. The molecule has 5 rings (SSSR count). The predicted octanol–water partition coefficient (Wildman–Crippen LogP) is 4.45. The second kappa shape index (κ2) is 7.38. The third-order valence-corrected chi connectivity index (χ3v) is 5.92. The van der Waals surface area contributed by atoms with Crippen LogP contribution < -0.4 is 25.3 Å². The summed E-state index contributed by atoms with van der Waals surface area (Å²) >= 11 is 1.27. The van der Waals surface area contributed by atoms with Crippen LogP contribution in [0.1, 0.15) is 16.6 Å². The fraction of sp³-hybridized carbons (Fsp3) is 0.182. The molecule has 8 heteroatoms. The molecule has 2 aromatic carbocycles. The summed E-state index contributed by atoms with van der Waals surface area (Å²) in [7, 11) is 0. The molecule has 1 amide bonds. The fourth-order valence-corrected chi connectivity index (χ4v) is 4.39. The topological polar surface area (TPSA) is 95.7 Å². The highest BCUT2D eigenvalue weighted by Gasteiger charge is 2.19. The number of nitrogen functional groups attached to an aromatic ring is 1. The van der Waals surface area contributed by atoms with Gasteiger partial charge in [0, 0.05) is 28.6 Å². The van der Waals surface area contributed by atoms with Gasteiger partial charge in [-0.2, -0.15) is 0 Å². The largest absolute Gasteiger partial charge is 0.494 e. The van der Waals surface area contributed by atoms with Crippen molar-refractivity contribution in [3.63, 3.8) is 0 Å². The van der Waals surface area contributed by atoms with Gasteiger partial charge in [0.15, 0.2) is 11.5 Å². The molecule has 0 radical (unpaired) electrons. The molecule has 7 nitrogen and oxygen atoms in total. The molecule has 0 fully saturated rings. The third kappa shape index (κ3) is 3.25. The van der Waals surface area contributed by atoms with Gasteiger partial charge in [0.25, 0.3) is 5.91 Å². The Morgan fingerprint density at radius 3 is 2.83 bits per heavy atom. The van der Waals surface area contributed by atoms with E-state index < -0.39 is 0 Å². The minimum Gasteiger partial charge on any atom is -0.494 e. The number of benzene rings is 2. The summed E-state index contributed by atoms with van der Waals surface area (Å²) < 4.78 is 16.6. The zero-order valence-corrected chi connectivity index (χ0v) is 17.0. The lowest BCUT2D eigenvalue weighted by Crippen LogP contribution is -2.16. The first-order valence-corrected chi connectivity index (χ1v) is 10.4. The number of rotatable bonds is 4. The summed E-state index contributed by atoms with van der Waals surface area (Å²) in [6.45, 7) is 3.53. The Bertz CT molecular complexity index is 1280. The Kier molecular flexibility index (Phi) is 4.55. The number of nitrogens with zero attached hydrogens (tertiary/aromatic N) is 1. The van der Waals surface area contributed by atoms with Gasteiger partial charge in [0.1, 0.15) is 28.7 Å². The Balaban J connectivity index is 1.48. The summed E-state index contributed by atoms with van der Waals surface area (Å²) in [5.41, 5.74) is 8.15. The van der Waals surface area contributed by atoms with Crippen LogP contribution in [0.15, 0.2) is 42.5 Å². The number of nitrogens with two attached hydrogens (primary N) is 1. The lowest BCUT2D eigenvalue weighted by molar-refractivity contribution is 0.103. The van der Waals surface area contributed by atoms with E-state index in [4.69, 9.17) is 24.9 Å². The molecule has 4 aromatic rings. The highest BCUT2D eigenvalue weighted by molar-refractivity contribution is 7.21. The van der Waals surface area contributed by atoms with Gasteiger partial charge in [0.05, 0.1) is 17.8 Å². The summed E-state index contributed by atoms with van der Waals surface area (Å²) in [5.74, 6) is 1.76. The van der Waals surface area contributed by atoms with E-state index >= 15 is 0 Å². The number of ether oxygens (including phenoxy) is 3. The maximum atomic E-state index is 12.9. The molecule has 3 N–H and O–H groups in total. The van der Waals surface area contributed by atoms with Crippen LogP contribution in [0.2, 0.25) is 0 Å². The van der Waals surface area contributed by atoms with Crippen LogP contribution in [-0.2, 0) is 0 Å². The molecule has 0 bridgehead atoms. The molecule has 0 saturated heterocycles. The zero-order valence-electron chi connectivity index (χ0n) is 16.2. The molecule has 3 heterocycles. The SMILES string of the molecule is CCOc1ccc2cc3c(N)c(C(=O)Nc4ccc5c(c4)OCCO5)sc3nc2c1. The van der Waals surface area contributed by atoms with Crippen molar-refractivity contribution >= 4 is 49.7 Å². The van der Waals surface area contributed by atoms with Crippen molar-refractivity contribution in [1.82, 2.24) is 4.98 Å². The summed E-state index contributed by atoms with van der Waals surface area (Å²) in [6.07, 6.45) is 0. The number of aromatic nitrogens is 1. The van der Waals surface area contributed by atoms with Crippen LogP contribution in [-0.4, -0.2) is 30.7 Å². The first-order valence-electron chi connectivity index (χ1n) is 9.59. The van der Waals surface area contributed by atoms with Crippen LogP contribution in [0.5, 0.6) is 17.2 Å². The van der Waals surface area contributed by atoms with Crippen molar-refractivity contribution in [2.24, 2.45) is 0 Å². The van der Waals surface area contributed by atoms with Crippen molar-refractivity contribution in [2.45, 2.75) is 6.92 Å². The first kappa shape index (κ1) is 18.5. The third-order valence-electron chi connectivity index (χ3n) is 4.80. The van der Waals surface area contributed by atoms with E-state index in [2.05, 4.69) is 5.32 Å². The number of carbonyl (C=O) groups excluding carboxylic acids is 1. The Hall–Kier alpha value is -3.52. The second-order valence-corrected chi connectivity index (χ2v) is 7.79. The molecular weight excluding hydrogens is 402 g/mol. The number of hydrogen-bond acceptors (Lipinski definition) is 7. The van der Waals surface area contributed by atoms with Crippen LogP contribution in [0.25, 0.3) is 21.1 Å². The molecule has 152 valence electrons. The van der Waals surface area contributed by atoms with Gasteiger partial charge in [-0.3, -0.25) is 4.79 Å². The van der Waals surface area contributed by atoms with E-state index in [1.54, 1.807) is 18.2 Å². The predicted molar refractivity (Wildman–Crippen MR) is 118 cm³/mol. The number of amides is 1. The van der Waals surface area contributed by atoms with Gasteiger partial charge in [-0.15, -0.1) is 11.3 Å². The molecule has 1 aliphatic heterocycles. The Morgan fingerprint density at radius 1 is 1.17 bits per heavy atom. The second-order valence-electron chi connectivity index (χ2n) is 6.79. The molecule has 30 heavy (non-hydrogen) atoms. The maximum Gasteiger partial charge on any atom is 0.267 e. The minimum atomic E-state index is -0.286. The number of thiophene rings is 1. The molecule has 0 atom stereocenters. The van der Waals surface area contributed by atoms with Crippen molar-refractivity contribution in [1.29, 1.82) is 0 Å². The number of carbonyl (C=O) groups is 1. The van der Waals surface area contributed by atoms with Gasteiger partial charge in [-0.1, -0.05) is 0 Å². The van der Waals surface area contributed by atoms with E-state index in [1.807, 2.05) is 31.2 Å². The normalized spacial score (nSPS) is 12.8. The van der Waals surface area contributed by atoms with E-state index in [0.717, 1.165) is 22.0 Å².